The summed E-state index contributed by atoms with van der Waals surface area (Å²) in [6.07, 6.45) is 0.679. The molecule has 5 heteroatoms. The fourth-order valence-electron chi connectivity index (χ4n) is 2.63. The van der Waals surface area contributed by atoms with E-state index in [1.54, 1.807) is 14.2 Å². The summed E-state index contributed by atoms with van der Waals surface area (Å²) in [5.41, 5.74) is 2.34. The Morgan fingerprint density at radius 1 is 1.05 bits per heavy atom. The lowest BCUT2D eigenvalue weighted by Crippen LogP contribution is -2.08. The van der Waals surface area contributed by atoms with Crippen molar-refractivity contribution < 1.29 is 4.74 Å². The van der Waals surface area contributed by atoms with Crippen molar-refractivity contribution in [3.63, 3.8) is 0 Å². The Kier molecular flexibility index (Phi) is 4.14. The van der Waals surface area contributed by atoms with Gasteiger partial charge in [0.05, 0.1) is 14.2 Å². The molecule has 1 heterocycles. The van der Waals surface area contributed by atoms with Crippen molar-refractivity contribution >= 4 is 0 Å². The monoisotopic (exact) mass is 294 g/mol. The molecule has 3 rings (SSSR count). The Labute approximate surface area is 129 Å². The molecular formula is C17H18N4O. The summed E-state index contributed by atoms with van der Waals surface area (Å²) >= 11 is 0. The molecule has 0 aliphatic heterocycles. The van der Waals surface area contributed by atoms with Crippen molar-refractivity contribution in [2.24, 2.45) is 7.05 Å². The molecule has 1 atom stereocenters. The molecule has 1 unspecified atom stereocenters. The van der Waals surface area contributed by atoms with Gasteiger partial charge in [0, 0.05) is 17.9 Å². The third-order valence-electron chi connectivity index (χ3n) is 3.65. The fourth-order valence-corrected chi connectivity index (χ4v) is 2.63. The normalized spacial score (nSPS) is 12.1. The van der Waals surface area contributed by atoms with E-state index in [9.17, 15) is 0 Å². The smallest absolute Gasteiger partial charge is 0.175 e. The predicted molar refractivity (Wildman–Crippen MR) is 83.8 cm³/mol. The zero-order valence-corrected chi connectivity index (χ0v) is 12.7. The maximum absolute atomic E-state index is 5.53. The van der Waals surface area contributed by atoms with Crippen molar-refractivity contribution in [3.05, 3.63) is 71.5 Å². The number of tetrazole rings is 1. The highest BCUT2D eigenvalue weighted by Crippen LogP contribution is 2.33. The van der Waals surface area contributed by atoms with Gasteiger partial charge in [-0.25, -0.2) is 0 Å². The lowest BCUT2D eigenvalue weighted by Gasteiger charge is -2.19. The van der Waals surface area contributed by atoms with Crippen molar-refractivity contribution in [2.75, 3.05) is 7.11 Å². The van der Waals surface area contributed by atoms with Gasteiger partial charge in [0.25, 0.3) is 0 Å². The van der Waals surface area contributed by atoms with Crippen molar-refractivity contribution in [2.45, 2.75) is 12.3 Å². The molecule has 3 aromatic rings. The average Bonchev–Trinajstić information content (AvgIpc) is 2.98. The largest absolute Gasteiger partial charge is 0.496 e. The first-order valence-electron chi connectivity index (χ1n) is 7.18. The van der Waals surface area contributed by atoms with E-state index in [4.69, 9.17) is 4.74 Å². The number of para-hydroxylation sites is 1. The van der Waals surface area contributed by atoms with Crippen LogP contribution in [-0.2, 0) is 13.5 Å². The van der Waals surface area contributed by atoms with Gasteiger partial charge in [-0.2, -0.15) is 4.80 Å². The number of hydrogen-bond acceptors (Lipinski definition) is 4. The van der Waals surface area contributed by atoms with E-state index in [2.05, 4.69) is 33.6 Å². The van der Waals surface area contributed by atoms with Crippen LogP contribution in [0.4, 0.5) is 0 Å². The molecule has 5 nitrogen and oxygen atoms in total. The van der Waals surface area contributed by atoms with Gasteiger partial charge in [-0.3, -0.25) is 0 Å². The van der Waals surface area contributed by atoms with E-state index in [0.717, 1.165) is 17.1 Å². The Hall–Kier alpha value is -2.69. The molecule has 0 amide bonds. The summed E-state index contributed by atoms with van der Waals surface area (Å²) in [5, 5.41) is 12.4. The minimum absolute atomic E-state index is 0.126. The number of nitrogens with zero attached hydrogens (tertiary/aromatic N) is 4. The number of ether oxygens (including phenoxy) is 1. The van der Waals surface area contributed by atoms with Gasteiger partial charge in [0.1, 0.15) is 5.75 Å². The summed E-state index contributed by atoms with van der Waals surface area (Å²) in [7, 11) is 3.47. The van der Waals surface area contributed by atoms with Gasteiger partial charge in [-0.1, -0.05) is 48.5 Å². The Bertz CT molecular complexity index is 739. The first-order valence-corrected chi connectivity index (χ1v) is 7.18. The summed E-state index contributed by atoms with van der Waals surface area (Å²) < 4.78 is 5.53. The van der Waals surface area contributed by atoms with Crippen LogP contribution in [0.25, 0.3) is 0 Å². The molecular weight excluding hydrogens is 276 g/mol. The van der Waals surface area contributed by atoms with E-state index in [1.807, 2.05) is 36.4 Å². The van der Waals surface area contributed by atoms with Gasteiger partial charge < -0.3 is 4.74 Å². The lowest BCUT2D eigenvalue weighted by molar-refractivity contribution is 0.407. The molecule has 0 fully saturated rings. The van der Waals surface area contributed by atoms with E-state index < -0.39 is 0 Å². The fraction of sp³-hybridized carbons (Fsp3) is 0.235. The highest BCUT2D eigenvalue weighted by atomic mass is 16.5. The minimum Gasteiger partial charge on any atom is -0.496 e. The Morgan fingerprint density at radius 2 is 1.77 bits per heavy atom. The number of benzene rings is 2. The minimum atomic E-state index is 0.126. The third-order valence-corrected chi connectivity index (χ3v) is 3.65. The molecule has 0 bridgehead atoms. The highest BCUT2D eigenvalue weighted by molar-refractivity contribution is 5.42. The van der Waals surface area contributed by atoms with E-state index >= 15 is 0 Å². The molecule has 0 radical (unpaired) electrons. The van der Waals surface area contributed by atoms with Crippen LogP contribution in [0.15, 0.2) is 54.6 Å². The van der Waals surface area contributed by atoms with Crippen LogP contribution in [-0.4, -0.2) is 27.3 Å². The highest BCUT2D eigenvalue weighted by Gasteiger charge is 2.20. The SMILES string of the molecule is COc1ccccc1C(Cc1nnn(C)n1)c1ccccc1. The molecule has 0 saturated carbocycles. The van der Waals surface area contributed by atoms with Gasteiger partial charge in [0.2, 0.25) is 0 Å². The molecule has 0 saturated heterocycles. The first-order chi connectivity index (χ1) is 10.8. The second-order valence-electron chi connectivity index (χ2n) is 5.10. The van der Waals surface area contributed by atoms with Gasteiger partial charge in [0.15, 0.2) is 5.82 Å². The van der Waals surface area contributed by atoms with E-state index in [1.165, 1.54) is 10.4 Å². The predicted octanol–water partition coefficient (Wildman–Crippen LogP) is 2.59. The van der Waals surface area contributed by atoms with Crippen molar-refractivity contribution in [3.8, 4) is 5.75 Å². The molecule has 0 aliphatic rings. The van der Waals surface area contributed by atoms with Crippen LogP contribution in [0.5, 0.6) is 5.75 Å². The van der Waals surface area contributed by atoms with Crippen LogP contribution in [0.2, 0.25) is 0 Å². The van der Waals surface area contributed by atoms with Crippen LogP contribution < -0.4 is 4.74 Å². The van der Waals surface area contributed by atoms with Gasteiger partial charge in [-0.05, 0) is 16.8 Å². The summed E-state index contributed by atoms with van der Waals surface area (Å²) in [6, 6.07) is 18.4. The summed E-state index contributed by atoms with van der Waals surface area (Å²) in [5.74, 6) is 1.73. The quantitative estimate of drug-likeness (QED) is 0.726. The molecule has 112 valence electrons. The zero-order valence-electron chi connectivity index (χ0n) is 12.7. The average molecular weight is 294 g/mol. The van der Waals surface area contributed by atoms with Crippen LogP contribution in [0.3, 0.4) is 0 Å². The number of hydrogen-bond donors (Lipinski definition) is 0. The van der Waals surface area contributed by atoms with E-state index in [0.29, 0.717) is 6.42 Å². The number of methoxy groups -OCH3 is 1. The molecule has 0 N–H and O–H groups in total. The Morgan fingerprint density at radius 3 is 2.45 bits per heavy atom. The third kappa shape index (κ3) is 2.98. The molecule has 0 spiro atoms. The maximum atomic E-state index is 5.53. The number of rotatable bonds is 5. The topological polar surface area (TPSA) is 52.8 Å². The molecule has 2 aromatic carbocycles. The molecule has 0 aliphatic carbocycles. The van der Waals surface area contributed by atoms with E-state index in [-0.39, 0.29) is 5.92 Å². The zero-order chi connectivity index (χ0) is 15.4. The van der Waals surface area contributed by atoms with Crippen molar-refractivity contribution in [1.82, 2.24) is 20.2 Å². The van der Waals surface area contributed by atoms with Gasteiger partial charge in [-0.15, -0.1) is 10.2 Å². The first kappa shape index (κ1) is 14.3. The molecule has 1 aromatic heterocycles. The second-order valence-corrected chi connectivity index (χ2v) is 5.10. The second kappa shape index (κ2) is 6.39. The van der Waals surface area contributed by atoms with Crippen LogP contribution in [0, 0.1) is 0 Å². The van der Waals surface area contributed by atoms with Gasteiger partial charge >= 0.3 is 0 Å². The van der Waals surface area contributed by atoms with Crippen LogP contribution in [0.1, 0.15) is 22.9 Å². The Balaban J connectivity index is 2.03. The molecule has 22 heavy (non-hydrogen) atoms. The maximum Gasteiger partial charge on any atom is 0.175 e. The standard InChI is InChI=1S/C17H18N4O/c1-21-19-17(18-20-21)12-15(13-8-4-3-5-9-13)14-10-6-7-11-16(14)22-2/h3-11,15H,12H2,1-2H3. The van der Waals surface area contributed by atoms with Crippen LogP contribution >= 0.6 is 0 Å². The van der Waals surface area contributed by atoms with Crippen molar-refractivity contribution in [1.29, 1.82) is 0 Å². The number of aryl methyl sites for hydroxylation is 1. The lowest BCUT2D eigenvalue weighted by atomic mass is 9.87. The summed E-state index contributed by atoms with van der Waals surface area (Å²) in [4.78, 5) is 1.49. The number of aromatic nitrogens is 4. The summed E-state index contributed by atoms with van der Waals surface area (Å²) in [6.45, 7) is 0.